The standard InChI is InChI=1S/C28H21N3O4S/c1-35-23-14-11-17(15-22(23)31(33)34)16-24-27(32)30-26(19-8-3-2-4-9-19)21-13-12-18-7-5-6-10-20(18)25(21)29-28(30)36-24/h2-11,14-16,26H,12-13H2,1H3. The van der Waals surface area contributed by atoms with E-state index in [4.69, 9.17) is 9.73 Å². The number of aromatic nitrogens is 1. The molecule has 178 valence electrons. The number of hydrogen-bond acceptors (Lipinski definition) is 6. The van der Waals surface area contributed by atoms with Gasteiger partial charge in [-0.3, -0.25) is 19.5 Å². The highest BCUT2D eigenvalue weighted by molar-refractivity contribution is 7.07. The van der Waals surface area contributed by atoms with E-state index >= 15 is 0 Å². The summed E-state index contributed by atoms with van der Waals surface area (Å²) in [5, 5.41) is 11.5. The molecule has 0 N–H and O–H groups in total. The third kappa shape index (κ3) is 3.58. The summed E-state index contributed by atoms with van der Waals surface area (Å²) >= 11 is 1.30. The van der Waals surface area contributed by atoms with Crippen LogP contribution in [-0.4, -0.2) is 16.6 Å². The third-order valence-corrected chi connectivity index (χ3v) is 7.67. The summed E-state index contributed by atoms with van der Waals surface area (Å²) in [5.74, 6) is 0.175. The van der Waals surface area contributed by atoms with Crippen molar-refractivity contribution in [3.05, 3.63) is 130 Å². The fourth-order valence-electron chi connectivity index (χ4n) is 5.05. The lowest BCUT2D eigenvalue weighted by atomic mass is 9.83. The minimum absolute atomic E-state index is 0.145. The Morgan fingerprint density at radius 1 is 1.08 bits per heavy atom. The highest BCUT2D eigenvalue weighted by Crippen LogP contribution is 2.41. The number of methoxy groups -OCH3 is 1. The van der Waals surface area contributed by atoms with Crippen LogP contribution in [0, 0.1) is 10.1 Å². The number of nitrogens with zero attached hydrogens (tertiary/aromatic N) is 3. The van der Waals surface area contributed by atoms with E-state index in [1.165, 1.54) is 30.1 Å². The second-order valence-electron chi connectivity index (χ2n) is 8.71. The third-order valence-electron chi connectivity index (χ3n) is 6.69. The van der Waals surface area contributed by atoms with Crippen LogP contribution in [0.15, 0.2) is 88.2 Å². The lowest BCUT2D eigenvalue weighted by molar-refractivity contribution is -0.385. The average Bonchev–Trinajstić information content (AvgIpc) is 3.22. The van der Waals surface area contributed by atoms with Crippen LogP contribution >= 0.6 is 11.3 Å². The number of benzene rings is 3. The number of rotatable bonds is 4. The first-order valence-corrected chi connectivity index (χ1v) is 12.4. The van der Waals surface area contributed by atoms with Crippen LogP contribution in [0.2, 0.25) is 0 Å². The van der Waals surface area contributed by atoms with Crippen molar-refractivity contribution in [2.24, 2.45) is 4.99 Å². The molecule has 0 radical (unpaired) electrons. The molecule has 3 aromatic carbocycles. The number of fused-ring (bicyclic) bond motifs is 3. The van der Waals surface area contributed by atoms with E-state index in [9.17, 15) is 14.9 Å². The maximum atomic E-state index is 13.8. The molecule has 36 heavy (non-hydrogen) atoms. The predicted molar refractivity (Wildman–Crippen MR) is 139 cm³/mol. The predicted octanol–water partition coefficient (Wildman–Crippen LogP) is 4.24. The number of thiazole rings is 1. The molecule has 0 saturated carbocycles. The van der Waals surface area contributed by atoms with E-state index in [2.05, 4.69) is 12.1 Å². The van der Waals surface area contributed by atoms with Crippen molar-refractivity contribution in [2.75, 3.05) is 7.11 Å². The molecule has 6 rings (SSSR count). The molecule has 1 aromatic heterocycles. The van der Waals surface area contributed by atoms with Gasteiger partial charge in [0.05, 0.1) is 28.3 Å². The summed E-state index contributed by atoms with van der Waals surface area (Å²) < 4.78 is 7.36. The molecular formula is C28H21N3O4S. The van der Waals surface area contributed by atoms with Crippen LogP contribution in [0.25, 0.3) is 11.8 Å². The van der Waals surface area contributed by atoms with Gasteiger partial charge in [-0.25, -0.2) is 4.99 Å². The summed E-state index contributed by atoms with van der Waals surface area (Å²) in [4.78, 5) is 30.4. The zero-order chi connectivity index (χ0) is 24.8. The first-order chi connectivity index (χ1) is 17.5. The van der Waals surface area contributed by atoms with Gasteiger partial charge in [-0.05, 0) is 47.2 Å². The van der Waals surface area contributed by atoms with Crippen LogP contribution in [0.4, 0.5) is 5.69 Å². The fourth-order valence-corrected chi connectivity index (χ4v) is 6.05. The second kappa shape index (κ2) is 8.73. The first-order valence-electron chi connectivity index (χ1n) is 11.6. The zero-order valence-corrected chi connectivity index (χ0v) is 20.2. The number of nitro benzene ring substituents is 1. The lowest BCUT2D eigenvalue weighted by Crippen LogP contribution is -2.38. The summed E-state index contributed by atoms with van der Waals surface area (Å²) in [6.45, 7) is 0. The number of allylic oxidation sites excluding steroid dienone is 1. The van der Waals surface area contributed by atoms with Crippen molar-refractivity contribution in [3.63, 3.8) is 0 Å². The van der Waals surface area contributed by atoms with Gasteiger partial charge in [-0.2, -0.15) is 0 Å². The Kier molecular flexibility index (Phi) is 5.38. The van der Waals surface area contributed by atoms with Crippen LogP contribution in [-0.2, 0) is 6.42 Å². The quantitative estimate of drug-likeness (QED) is 0.313. The molecule has 1 aliphatic carbocycles. The average molecular weight is 496 g/mol. The fraction of sp³-hybridized carbons (Fsp3) is 0.143. The van der Waals surface area contributed by atoms with Crippen LogP contribution < -0.4 is 19.6 Å². The minimum atomic E-state index is -0.487. The molecule has 4 aromatic rings. The van der Waals surface area contributed by atoms with Gasteiger partial charge in [0.15, 0.2) is 10.6 Å². The van der Waals surface area contributed by atoms with Gasteiger partial charge in [0.2, 0.25) is 0 Å². The van der Waals surface area contributed by atoms with E-state index in [-0.39, 0.29) is 23.0 Å². The van der Waals surface area contributed by atoms with Gasteiger partial charge in [-0.1, -0.05) is 72.0 Å². The summed E-state index contributed by atoms with van der Waals surface area (Å²) in [6.07, 6.45) is 3.41. The van der Waals surface area contributed by atoms with Crippen molar-refractivity contribution in [1.82, 2.24) is 4.57 Å². The van der Waals surface area contributed by atoms with Crippen LogP contribution in [0.1, 0.15) is 34.7 Å². The van der Waals surface area contributed by atoms with Gasteiger partial charge in [0.1, 0.15) is 0 Å². The van der Waals surface area contributed by atoms with Crippen molar-refractivity contribution in [1.29, 1.82) is 0 Å². The van der Waals surface area contributed by atoms with Gasteiger partial charge >= 0.3 is 5.69 Å². The number of hydrogen-bond donors (Lipinski definition) is 0. The molecular weight excluding hydrogens is 474 g/mol. The molecule has 8 heteroatoms. The Morgan fingerprint density at radius 3 is 2.64 bits per heavy atom. The monoisotopic (exact) mass is 495 g/mol. The van der Waals surface area contributed by atoms with Crippen molar-refractivity contribution in [3.8, 4) is 5.75 Å². The second-order valence-corrected chi connectivity index (χ2v) is 9.72. The Morgan fingerprint density at radius 2 is 1.86 bits per heavy atom. The molecule has 0 bridgehead atoms. The van der Waals surface area contributed by atoms with Gasteiger partial charge in [0, 0.05) is 11.6 Å². The van der Waals surface area contributed by atoms with E-state index in [1.807, 2.05) is 42.5 Å². The zero-order valence-electron chi connectivity index (χ0n) is 19.4. The van der Waals surface area contributed by atoms with Crippen molar-refractivity contribution < 1.29 is 9.66 Å². The van der Waals surface area contributed by atoms with Gasteiger partial charge in [-0.15, -0.1) is 0 Å². The molecule has 1 unspecified atom stereocenters. The number of nitro groups is 1. The molecule has 0 amide bonds. The van der Waals surface area contributed by atoms with Crippen molar-refractivity contribution >= 4 is 28.8 Å². The summed E-state index contributed by atoms with van der Waals surface area (Å²) in [5.41, 5.74) is 5.74. The minimum Gasteiger partial charge on any atom is -0.490 e. The Hall–Kier alpha value is -4.30. The largest absolute Gasteiger partial charge is 0.490 e. The van der Waals surface area contributed by atoms with E-state index in [0.717, 1.165) is 35.2 Å². The summed E-state index contributed by atoms with van der Waals surface area (Å²) in [6, 6.07) is 22.8. The van der Waals surface area contributed by atoms with Gasteiger partial charge in [0.25, 0.3) is 5.56 Å². The van der Waals surface area contributed by atoms with Crippen LogP contribution in [0.3, 0.4) is 0 Å². The molecule has 0 fully saturated rings. The smallest absolute Gasteiger partial charge is 0.311 e. The van der Waals surface area contributed by atoms with E-state index in [0.29, 0.717) is 14.9 Å². The van der Waals surface area contributed by atoms with E-state index in [1.54, 1.807) is 22.8 Å². The molecule has 2 aliphatic rings. The Labute approximate surface area is 210 Å². The normalized spacial score (nSPS) is 16.6. The molecule has 7 nitrogen and oxygen atoms in total. The molecule has 0 spiro atoms. The SMILES string of the molecule is COc1ccc(C=c2sc3n(c2=O)C(c2ccccc2)C2=C(N=3)c3ccccc3CC2)cc1[N+](=O)[O-]. The number of ether oxygens (including phenoxy) is 1. The molecule has 1 aliphatic heterocycles. The topological polar surface area (TPSA) is 86.7 Å². The Balaban J connectivity index is 1.58. The lowest BCUT2D eigenvalue weighted by Gasteiger charge is -2.30. The first kappa shape index (κ1) is 22.2. The van der Waals surface area contributed by atoms with E-state index < -0.39 is 4.92 Å². The van der Waals surface area contributed by atoms with Crippen molar-refractivity contribution in [2.45, 2.75) is 18.9 Å². The highest BCUT2D eigenvalue weighted by Gasteiger charge is 2.32. The highest BCUT2D eigenvalue weighted by atomic mass is 32.1. The molecule has 2 heterocycles. The maximum absolute atomic E-state index is 13.8. The van der Waals surface area contributed by atoms with Crippen LogP contribution in [0.5, 0.6) is 5.75 Å². The Bertz CT molecular complexity index is 1730. The maximum Gasteiger partial charge on any atom is 0.311 e. The number of aryl methyl sites for hydroxylation is 1. The summed E-state index contributed by atoms with van der Waals surface area (Å²) in [7, 11) is 1.39. The van der Waals surface area contributed by atoms with Gasteiger partial charge < -0.3 is 4.74 Å². The molecule has 0 saturated heterocycles. The molecule has 1 atom stereocenters.